The molecule has 2 N–H and O–H groups in total. The second-order valence-electron chi connectivity index (χ2n) is 17.3. The quantitative estimate of drug-likeness (QED) is 0.183. The first kappa shape index (κ1) is 34.3. The molecule has 0 amide bonds. The first-order chi connectivity index (χ1) is 30.0. The van der Waals surface area contributed by atoms with E-state index in [0.717, 1.165) is 55.8 Å². The Labute approximate surface area is 355 Å². The van der Waals surface area contributed by atoms with Crippen LogP contribution in [0.25, 0.3) is 66.4 Å². The van der Waals surface area contributed by atoms with E-state index in [1.54, 1.807) is 0 Å². The first-order valence-electron chi connectivity index (χ1n) is 21.3. The fraction of sp³-hybridized carbons (Fsp3) is 0.0690. The summed E-state index contributed by atoms with van der Waals surface area (Å²) in [6.07, 6.45) is 0. The first-order valence-corrected chi connectivity index (χ1v) is 21.3. The molecule has 0 unspecified atom stereocenters. The van der Waals surface area contributed by atoms with E-state index in [1.165, 1.54) is 66.8 Å². The van der Waals surface area contributed by atoms with Crippen molar-refractivity contribution >= 4 is 44.7 Å². The number of hydrogen-bond acceptors (Lipinski definition) is 3. The number of nitrogens with one attached hydrogen (secondary N) is 2. The van der Waals surface area contributed by atoms with Crippen molar-refractivity contribution in [3.63, 3.8) is 0 Å². The minimum absolute atomic E-state index is 0.116. The van der Waals surface area contributed by atoms with Crippen molar-refractivity contribution in [2.45, 2.75) is 24.7 Å². The molecule has 3 heteroatoms. The molecule has 3 aliphatic rings. The summed E-state index contributed by atoms with van der Waals surface area (Å²) in [7, 11) is 0. The van der Waals surface area contributed by atoms with Gasteiger partial charge in [0.1, 0.15) is 11.2 Å². The molecule has 0 radical (unpaired) electrons. The van der Waals surface area contributed by atoms with Gasteiger partial charge in [0.25, 0.3) is 0 Å². The maximum absolute atomic E-state index is 7.09. The van der Waals surface area contributed by atoms with Crippen LogP contribution in [0.3, 0.4) is 0 Å². The summed E-state index contributed by atoms with van der Waals surface area (Å²) in [6.45, 7) is 4.69. The van der Waals surface area contributed by atoms with Crippen LogP contribution in [-0.2, 0) is 10.8 Å². The lowest BCUT2D eigenvalue weighted by Gasteiger charge is -2.31. The van der Waals surface area contributed by atoms with Crippen molar-refractivity contribution in [3.05, 3.63) is 228 Å². The van der Waals surface area contributed by atoms with Gasteiger partial charge < -0.3 is 15.1 Å². The molecular weight excluding hydrogens is 741 g/mol. The maximum Gasteiger partial charge on any atom is 0.145 e. The van der Waals surface area contributed by atoms with Gasteiger partial charge in [0.15, 0.2) is 0 Å². The molecule has 0 aliphatic heterocycles. The summed E-state index contributed by atoms with van der Waals surface area (Å²) >= 11 is 0. The summed E-state index contributed by atoms with van der Waals surface area (Å²) in [5.74, 6) is 0. The fourth-order valence-electron chi connectivity index (χ4n) is 11.2. The molecule has 1 heterocycles. The van der Waals surface area contributed by atoms with Crippen molar-refractivity contribution in [1.82, 2.24) is 0 Å². The number of anilines is 4. The average molecular weight is 781 g/mol. The van der Waals surface area contributed by atoms with Gasteiger partial charge in [0, 0.05) is 39.0 Å². The summed E-state index contributed by atoms with van der Waals surface area (Å²) in [4.78, 5) is 0. The largest absolute Gasteiger partial charge is 0.455 e. The van der Waals surface area contributed by atoms with Gasteiger partial charge in [-0.1, -0.05) is 166 Å². The smallest absolute Gasteiger partial charge is 0.145 e. The average Bonchev–Trinajstić information content (AvgIpc) is 3.99. The highest BCUT2D eigenvalue weighted by Crippen LogP contribution is 2.65. The number of benzene rings is 9. The third-order valence-electron chi connectivity index (χ3n) is 13.9. The second-order valence-corrected chi connectivity index (χ2v) is 17.3. The summed E-state index contributed by atoms with van der Waals surface area (Å²) < 4.78 is 7.09. The van der Waals surface area contributed by atoms with Crippen LogP contribution in [0.15, 0.2) is 199 Å². The summed E-state index contributed by atoms with van der Waals surface area (Å²) in [6, 6.07) is 70.9. The third-order valence-corrected chi connectivity index (χ3v) is 13.9. The monoisotopic (exact) mass is 780 g/mol. The molecule has 10 aromatic rings. The Balaban J connectivity index is 1.06. The molecule has 288 valence electrons. The van der Waals surface area contributed by atoms with Crippen LogP contribution in [0.1, 0.15) is 47.2 Å². The molecule has 0 saturated carbocycles. The fourth-order valence-corrected chi connectivity index (χ4v) is 11.2. The molecule has 0 saturated heterocycles. The van der Waals surface area contributed by atoms with Gasteiger partial charge >= 0.3 is 0 Å². The molecule has 3 nitrogen and oxygen atoms in total. The minimum atomic E-state index is -0.598. The summed E-state index contributed by atoms with van der Waals surface area (Å²) in [5, 5.41) is 10.1. The van der Waals surface area contributed by atoms with Gasteiger partial charge in [-0.05, 0) is 109 Å². The molecule has 1 spiro atoms. The van der Waals surface area contributed by atoms with E-state index in [9.17, 15) is 0 Å². The number of para-hydroxylation sites is 2. The standard InChI is InChI=1S/C58H40N2O/c1-57(2)45-23-11-6-19-39(45)42-30-28-36(32-48(42)57)60-52-34-50-54(56-55(52)44-22-10-15-27-53(44)61-56)43-31-29-37(59-51-26-14-9-18-38(51)35-16-4-3-5-17-35)33-49(43)58(50)46-24-12-7-20-40(46)41-21-8-13-25-47(41)58/h3-34,59-60H,1-2H3. The Bertz CT molecular complexity index is 3420. The van der Waals surface area contributed by atoms with Gasteiger partial charge in [-0.2, -0.15) is 0 Å². The highest BCUT2D eigenvalue weighted by Gasteiger charge is 2.53. The van der Waals surface area contributed by atoms with Crippen LogP contribution >= 0.6 is 0 Å². The van der Waals surface area contributed by atoms with E-state index in [-0.39, 0.29) is 5.41 Å². The molecule has 3 aliphatic carbocycles. The SMILES string of the molecule is CC1(C)c2ccccc2-c2ccc(Nc3cc4c(c5oc6ccccc6c35)-c3ccc(Nc5ccccc5-c5ccccc5)cc3C43c4ccccc4-c4ccccc43)cc21. The number of fused-ring (bicyclic) bond motifs is 17. The molecule has 9 aromatic carbocycles. The van der Waals surface area contributed by atoms with Crippen LogP contribution in [0.4, 0.5) is 22.7 Å². The molecule has 0 bridgehead atoms. The molecule has 13 rings (SSSR count). The van der Waals surface area contributed by atoms with Gasteiger partial charge in [-0.15, -0.1) is 0 Å². The van der Waals surface area contributed by atoms with Crippen molar-refractivity contribution in [2.75, 3.05) is 10.6 Å². The number of rotatable bonds is 5. The molecule has 0 atom stereocenters. The highest BCUT2D eigenvalue weighted by atomic mass is 16.3. The van der Waals surface area contributed by atoms with Crippen LogP contribution in [-0.4, -0.2) is 0 Å². The lowest BCUT2D eigenvalue weighted by molar-refractivity contribution is 0.660. The van der Waals surface area contributed by atoms with E-state index in [4.69, 9.17) is 4.42 Å². The predicted molar refractivity (Wildman–Crippen MR) is 252 cm³/mol. The van der Waals surface area contributed by atoms with Crippen molar-refractivity contribution in [1.29, 1.82) is 0 Å². The zero-order valence-electron chi connectivity index (χ0n) is 33.9. The van der Waals surface area contributed by atoms with Crippen molar-refractivity contribution in [2.24, 2.45) is 0 Å². The van der Waals surface area contributed by atoms with Gasteiger partial charge in [0.2, 0.25) is 0 Å². The Kier molecular flexibility index (Phi) is 6.99. The van der Waals surface area contributed by atoms with Gasteiger partial charge in [0.05, 0.1) is 16.5 Å². The molecule has 1 aromatic heterocycles. The number of hydrogen-bond donors (Lipinski definition) is 2. The third kappa shape index (κ3) is 4.63. The van der Waals surface area contributed by atoms with E-state index in [0.29, 0.717) is 0 Å². The number of furan rings is 1. The Hall–Kier alpha value is -7.62. The highest BCUT2D eigenvalue weighted by molar-refractivity contribution is 6.19. The molecule has 61 heavy (non-hydrogen) atoms. The normalized spacial score (nSPS) is 14.3. The second kappa shape index (κ2) is 12.5. The molecule has 0 fully saturated rings. The Morgan fingerprint density at radius 3 is 1.67 bits per heavy atom. The van der Waals surface area contributed by atoms with Crippen LogP contribution in [0, 0.1) is 0 Å². The minimum Gasteiger partial charge on any atom is -0.455 e. The van der Waals surface area contributed by atoms with E-state index >= 15 is 0 Å². The van der Waals surface area contributed by atoms with Crippen molar-refractivity contribution in [3.8, 4) is 44.5 Å². The van der Waals surface area contributed by atoms with Gasteiger partial charge in [-0.25, -0.2) is 0 Å². The molecular formula is C58H40N2O. The topological polar surface area (TPSA) is 37.2 Å². The van der Waals surface area contributed by atoms with Crippen LogP contribution in [0.2, 0.25) is 0 Å². The van der Waals surface area contributed by atoms with E-state index in [1.807, 2.05) is 0 Å². The maximum atomic E-state index is 7.09. The lowest BCUT2D eigenvalue weighted by Crippen LogP contribution is -2.26. The zero-order valence-corrected chi connectivity index (χ0v) is 33.9. The van der Waals surface area contributed by atoms with E-state index in [2.05, 4.69) is 219 Å². The summed E-state index contributed by atoms with van der Waals surface area (Å²) in [5.41, 5.74) is 22.9. The lowest BCUT2D eigenvalue weighted by atomic mass is 9.70. The Morgan fingerprint density at radius 1 is 0.393 bits per heavy atom. The zero-order chi connectivity index (χ0) is 40.5. The Morgan fingerprint density at radius 2 is 0.934 bits per heavy atom. The van der Waals surface area contributed by atoms with Gasteiger partial charge in [-0.3, -0.25) is 0 Å². The van der Waals surface area contributed by atoms with E-state index < -0.39 is 5.41 Å². The van der Waals surface area contributed by atoms with Crippen LogP contribution < -0.4 is 10.6 Å². The van der Waals surface area contributed by atoms with Crippen LogP contribution in [0.5, 0.6) is 0 Å². The van der Waals surface area contributed by atoms with Crippen molar-refractivity contribution < 1.29 is 4.42 Å². The predicted octanol–water partition coefficient (Wildman–Crippen LogP) is 15.4.